The zero-order chi connectivity index (χ0) is 17.4. The molecule has 4 rings (SSSR count). The third-order valence-electron chi connectivity index (χ3n) is 4.66. The predicted molar refractivity (Wildman–Crippen MR) is 93.2 cm³/mol. The maximum absolute atomic E-state index is 14.1. The molecule has 0 bridgehead atoms. The van der Waals surface area contributed by atoms with E-state index in [1.807, 2.05) is 24.7 Å². The maximum Gasteiger partial charge on any atom is 0.151 e. The predicted octanol–water partition coefficient (Wildman–Crippen LogP) is 3.11. The SMILES string of the molecule is Cc1ccc(CN2CCn3nc(-c4ncccc4F)c(C)c3C2)nc1. The summed E-state index contributed by atoms with van der Waals surface area (Å²) in [6, 6.07) is 7.18. The van der Waals surface area contributed by atoms with E-state index in [-0.39, 0.29) is 5.82 Å². The number of nitrogens with zero attached hydrogens (tertiary/aromatic N) is 5. The Balaban J connectivity index is 1.59. The molecule has 3 aromatic heterocycles. The van der Waals surface area contributed by atoms with Gasteiger partial charge in [0.2, 0.25) is 0 Å². The van der Waals surface area contributed by atoms with Crippen molar-refractivity contribution in [2.75, 3.05) is 6.54 Å². The van der Waals surface area contributed by atoms with Gasteiger partial charge in [0.25, 0.3) is 0 Å². The molecular formula is C19H20FN5. The average Bonchev–Trinajstić information content (AvgIpc) is 2.94. The molecule has 0 aliphatic carbocycles. The zero-order valence-electron chi connectivity index (χ0n) is 14.4. The fraction of sp³-hybridized carbons (Fsp3) is 0.316. The highest BCUT2D eigenvalue weighted by molar-refractivity contribution is 5.60. The first-order valence-electron chi connectivity index (χ1n) is 8.43. The Bertz CT molecular complexity index is 901. The Morgan fingerprint density at radius 3 is 2.72 bits per heavy atom. The number of hydrogen-bond donors (Lipinski definition) is 0. The van der Waals surface area contributed by atoms with Crippen molar-refractivity contribution in [2.45, 2.75) is 33.5 Å². The van der Waals surface area contributed by atoms with Crippen LogP contribution in [0.3, 0.4) is 0 Å². The highest BCUT2D eigenvalue weighted by Crippen LogP contribution is 2.28. The molecule has 128 valence electrons. The van der Waals surface area contributed by atoms with Crippen molar-refractivity contribution in [2.24, 2.45) is 0 Å². The summed E-state index contributed by atoms with van der Waals surface area (Å²) >= 11 is 0. The van der Waals surface area contributed by atoms with Crippen molar-refractivity contribution >= 4 is 0 Å². The van der Waals surface area contributed by atoms with Gasteiger partial charge in [-0.15, -0.1) is 0 Å². The summed E-state index contributed by atoms with van der Waals surface area (Å²) < 4.78 is 16.1. The molecule has 25 heavy (non-hydrogen) atoms. The summed E-state index contributed by atoms with van der Waals surface area (Å²) in [5.74, 6) is -0.332. The molecule has 0 unspecified atom stereocenters. The fourth-order valence-corrected chi connectivity index (χ4v) is 3.24. The van der Waals surface area contributed by atoms with E-state index in [9.17, 15) is 4.39 Å². The molecule has 0 N–H and O–H groups in total. The number of hydrogen-bond acceptors (Lipinski definition) is 4. The Morgan fingerprint density at radius 1 is 1.08 bits per heavy atom. The minimum atomic E-state index is -0.332. The van der Waals surface area contributed by atoms with Crippen LogP contribution in [0.2, 0.25) is 0 Å². The summed E-state index contributed by atoms with van der Waals surface area (Å²) in [5, 5.41) is 4.61. The third kappa shape index (κ3) is 3.05. The molecule has 0 saturated carbocycles. The molecule has 0 atom stereocenters. The second-order valence-electron chi connectivity index (χ2n) is 6.51. The van der Waals surface area contributed by atoms with Gasteiger partial charge in [-0.1, -0.05) is 6.07 Å². The van der Waals surface area contributed by atoms with Crippen LogP contribution in [0.15, 0.2) is 36.7 Å². The number of halogens is 1. The van der Waals surface area contributed by atoms with Gasteiger partial charge in [-0.05, 0) is 37.6 Å². The van der Waals surface area contributed by atoms with E-state index < -0.39 is 0 Å². The number of pyridine rings is 2. The van der Waals surface area contributed by atoms with E-state index in [0.29, 0.717) is 11.4 Å². The molecule has 0 fully saturated rings. The first-order valence-corrected chi connectivity index (χ1v) is 8.43. The molecule has 3 aromatic rings. The van der Waals surface area contributed by atoms with Gasteiger partial charge in [-0.25, -0.2) is 4.39 Å². The lowest BCUT2D eigenvalue weighted by Gasteiger charge is -2.27. The van der Waals surface area contributed by atoms with E-state index in [4.69, 9.17) is 0 Å². The van der Waals surface area contributed by atoms with Gasteiger partial charge in [-0.2, -0.15) is 5.10 Å². The lowest BCUT2D eigenvalue weighted by Crippen LogP contribution is -2.34. The quantitative estimate of drug-likeness (QED) is 0.737. The lowest BCUT2D eigenvalue weighted by atomic mass is 10.1. The molecule has 1 aliphatic heterocycles. The molecule has 0 aromatic carbocycles. The lowest BCUT2D eigenvalue weighted by molar-refractivity contribution is 0.202. The van der Waals surface area contributed by atoms with Crippen LogP contribution < -0.4 is 0 Å². The Labute approximate surface area is 146 Å². The molecule has 0 spiro atoms. The summed E-state index contributed by atoms with van der Waals surface area (Å²) in [7, 11) is 0. The minimum absolute atomic E-state index is 0.327. The largest absolute Gasteiger partial charge is 0.290 e. The Kier molecular flexibility index (Phi) is 4.05. The first-order chi connectivity index (χ1) is 12.1. The minimum Gasteiger partial charge on any atom is -0.290 e. The van der Waals surface area contributed by atoms with E-state index >= 15 is 0 Å². The van der Waals surface area contributed by atoms with Crippen LogP contribution in [0.25, 0.3) is 11.4 Å². The summed E-state index contributed by atoms with van der Waals surface area (Å²) in [6.45, 7) is 7.30. The zero-order valence-corrected chi connectivity index (χ0v) is 14.4. The molecule has 5 nitrogen and oxygen atoms in total. The van der Waals surface area contributed by atoms with E-state index in [1.54, 1.807) is 12.3 Å². The smallest absolute Gasteiger partial charge is 0.151 e. The van der Waals surface area contributed by atoms with Gasteiger partial charge in [0.15, 0.2) is 5.82 Å². The third-order valence-corrected chi connectivity index (χ3v) is 4.66. The van der Waals surface area contributed by atoms with Crippen molar-refractivity contribution in [3.63, 3.8) is 0 Å². The fourth-order valence-electron chi connectivity index (χ4n) is 3.24. The van der Waals surface area contributed by atoms with Crippen molar-refractivity contribution in [1.29, 1.82) is 0 Å². The van der Waals surface area contributed by atoms with Crippen LogP contribution in [0.1, 0.15) is 22.5 Å². The van der Waals surface area contributed by atoms with Crippen LogP contribution in [-0.4, -0.2) is 31.2 Å². The van der Waals surface area contributed by atoms with Crippen molar-refractivity contribution in [3.05, 3.63) is 65.0 Å². The van der Waals surface area contributed by atoms with Gasteiger partial charge in [0, 0.05) is 37.6 Å². The first kappa shape index (κ1) is 15.9. The molecule has 6 heteroatoms. The number of aromatic nitrogens is 4. The van der Waals surface area contributed by atoms with E-state index in [0.717, 1.165) is 43.1 Å². The Hall–Kier alpha value is -2.60. The van der Waals surface area contributed by atoms with Crippen molar-refractivity contribution < 1.29 is 4.39 Å². The highest BCUT2D eigenvalue weighted by Gasteiger charge is 2.24. The van der Waals surface area contributed by atoms with Gasteiger partial charge >= 0.3 is 0 Å². The number of aryl methyl sites for hydroxylation is 1. The monoisotopic (exact) mass is 337 g/mol. The molecular weight excluding hydrogens is 317 g/mol. The van der Waals surface area contributed by atoms with Crippen LogP contribution in [0.5, 0.6) is 0 Å². The second kappa shape index (κ2) is 6.37. The summed E-state index contributed by atoms with van der Waals surface area (Å²) in [4.78, 5) is 11.0. The number of fused-ring (bicyclic) bond motifs is 1. The van der Waals surface area contributed by atoms with E-state index in [1.165, 1.54) is 11.6 Å². The Morgan fingerprint density at radius 2 is 1.96 bits per heavy atom. The molecule has 0 amide bonds. The average molecular weight is 337 g/mol. The van der Waals surface area contributed by atoms with Gasteiger partial charge in [0.1, 0.15) is 11.4 Å². The highest BCUT2D eigenvalue weighted by atomic mass is 19.1. The van der Waals surface area contributed by atoms with E-state index in [2.05, 4.69) is 32.1 Å². The van der Waals surface area contributed by atoms with Crippen molar-refractivity contribution in [1.82, 2.24) is 24.6 Å². The van der Waals surface area contributed by atoms with Crippen LogP contribution >= 0.6 is 0 Å². The summed E-state index contributed by atoms with van der Waals surface area (Å²) in [6.07, 6.45) is 3.50. The van der Waals surface area contributed by atoms with Crippen LogP contribution in [-0.2, 0) is 19.6 Å². The van der Waals surface area contributed by atoms with Gasteiger partial charge in [-0.3, -0.25) is 19.5 Å². The summed E-state index contributed by atoms with van der Waals surface area (Å²) in [5.41, 5.74) is 5.32. The standard InChI is InChI=1S/C19H20FN5/c1-13-5-6-15(22-10-13)11-24-8-9-25-17(12-24)14(2)18(23-25)19-16(20)4-3-7-21-19/h3-7,10H,8-9,11-12H2,1-2H3. The molecule has 4 heterocycles. The van der Waals surface area contributed by atoms with Crippen LogP contribution in [0.4, 0.5) is 4.39 Å². The van der Waals surface area contributed by atoms with Gasteiger partial charge in [0.05, 0.1) is 17.9 Å². The molecule has 1 aliphatic rings. The number of rotatable bonds is 3. The molecule has 0 saturated heterocycles. The van der Waals surface area contributed by atoms with Gasteiger partial charge < -0.3 is 0 Å². The normalized spacial score (nSPS) is 14.5. The topological polar surface area (TPSA) is 46.8 Å². The molecule has 0 radical (unpaired) electrons. The second-order valence-corrected chi connectivity index (χ2v) is 6.51. The van der Waals surface area contributed by atoms with Crippen LogP contribution in [0, 0.1) is 19.7 Å². The van der Waals surface area contributed by atoms with Crippen molar-refractivity contribution in [3.8, 4) is 11.4 Å². The maximum atomic E-state index is 14.1.